The van der Waals surface area contributed by atoms with Gasteiger partial charge in [0.15, 0.2) is 0 Å². The van der Waals surface area contributed by atoms with Gasteiger partial charge in [-0.05, 0) is 58.6 Å². The number of hydrogen-bond acceptors (Lipinski definition) is 3. The Balaban J connectivity index is 2.18. The Labute approximate surface area is 117 Å². The highest BCUT2D eigenvalue weighted by Gasteiger charge is 2.39. The molecule has 5 heteroatoms. The fraction of sp³-hybridized carbons (Fsp3) is 0.643. The Bertz CT molecular complexity index is 457. The summed E-state index contributed by atoms with van der Waals surface area (Å²) in [5, 5.41) is 0. The Morgan fingerprint density at radius 1 is 1.42 bits per heavy atom. The van der Waals surface area contributed by atoms with E-state index in [4.69, 9.17) is 0 Å². The molecule has 0 saturated heterocycles. The molecule has 2 rings (SSSR count). The minimum absolute atomic E-state index is 0.0423. The smallest absolute Gasteiger partial charge is 0.144 e. The van der Waals surface area contributed by atoms with Crippen LogP contribution in [-0.4, -0.2) is 14.3 Å². The van der Waals surface area contributed by atoms with Crippen LogP contribution in [0.4, 0.5) is 4.39 Å². The zero-order valence-corrected chi connectivity index (χ0v) is 12.7. The van der Waals surface area contributed by atoms with Gasteiger partial charge in [0, 0.05) is 11.4 Å². The number of rotatable bonds is 4. The van der Waals surface area contributed by atoms with Crippen molar-refractivity contribution in [3.8, 4) is 0 Å². The van der Waals surface area contributed by atoms with Crippen molar-refractivity contribution in [1.29, 1.82) is 0 Å². The largest absolute Gasteiger partial charge is 0.598 e. The molecule has 0 bridgehead atoms. The maximum Gasteiger partial charge on any atom is 0.144 e. The van der Waals surface area contributed by atoms with Crippen molar-refractivity contribution in [1.82, 2.24) is 9.71 Å². The van der Waals surface area contributed by atoms with Gasteiger partial charge in [-0.3, -0.25) is 4.98 Å². The molecule has 1 fully saturated rings. The van der Waals surface area contributed by atoms with E-state index in [1.807, 2.05) is 20.8 Å². The first-order valence-electron chi connectivity index (χ1n) is 6.60. The number of aromatic nitrogens is 1. The van der Waals surface area contributed by atoms with Crippen LogP contribution in [0.1, 0.15) is 51.0 Å². The van der Waals surface area contributed by atoms with Crippen LogP contribution in [0.25, 0.3) is 0 Å². The summed E-state index contributed by atoms with van der Waals surface area (Å²) < 4.78 is 28.4. The minimum Gasteiger partial charge on any atom is -0.598 e. The average Bonchev–Trinajstić information content (AvgIpc) is 3.12. The molecule has 0 aliphatic heterocycles. The lowest BCUT2D eigenvalue weighted by molar-refractivity contribution is 0.495. The zero-order valence-electron chi connectivity index (χ0n) is 11.9. The van der Waals surface area contributed by atoms with Crippen LogP contribution in [0.15, 0.2) is 12.1 Å². The van der Waals surface area contributed by atoms with Crippen molar-refractivity contribution in [2.24, 2.45) is 5.92 Å². The maximum absolute atomic E-state index is 13.3. The molecule has 1 aliphatic carbocycles. The van der Waals surface area contributed by atoms with Crippen molar-refractivity contribution in [3.63, 3.8) is 0 Å². The quantitative estimate of drug-likeness (QED) is 0.865. The summed E-state index contributed by atoms with van der Waals surface area (Å²) >= 11 is -1.14. The molecule has 1 heterocycles. The molecule has 0 radical (unpaired) electrons. The van der Waals surface area contributed by atoms with Gasteiger partial charge in [-0.15, -0.1) is 4.72 Å². The second-order valence-corrected chi connectivity index (χ2v) is 8.12. The molecule has 1 N–H and O–H groups in total. The zero-order chi connectivity index (χ0) is 14.2. The van der Waals surface area contributed by atoms with E-state index in [1.54, 1.807) is 13.0 Å². The van der Waals surface area contributed by atoms with Gasteiger partial charge < -0.3 is 4.55 Å². The van der Waals surface area contributed by atoms with E-state index in [9.17, 15) is 8.94 Å². The third-order valence-electron chi connectivity index (χ3n) is 3.25. The molecular formula is C14H21FN2OS. The molecular weight excluding hydrogens is 263 g/mol. The van der Waals surface area contributed by atoms with E-state index in [0.29, 0.717) is 11.6 Å². The third kappa shape index (κ3) is 3.68. The van der Waals surface area contributed by atoms with Crippen molar-refractivity contribution in [3.05, 3.63) is 29.3 Å². The van der Waals surface area contributed by atoms with Crippen molar-refractivity contribution in [2.45, 2.75) is 51.3 Å². The molecule has 0 aromatic carbocycles. The van der Waals surface area contributed by atoms with E-state index in [1.165, 1.54) is 6.07 Å². The summed E-state index contributed by atoms with van der Waals surface area (Å²) in [6.45, 7) is 7.46. The number of halogens is 1. The summed E-state index contributed by atoms with van der Waals surface area (Å²) in [5.41, 5.74) is 1.19. The van der Waals surface area contributed by atoms with Gasteiger partial charge in [0.1, 0.15) is 10.6 Å². The molecule has 1 aliphatic rings. The van der Waals surface area contributed by atoms with Crippen molar-refractivity contribution in [2.75, 3.05) is 0 Å². The highest BCUT2D eigenvalue weighted by molar-refractivity contribution is 7.90. The summed E-state index contributed by atoms with van der Waals surface area (Å²) in [4.78, 5) is 4.30. The number of nitrogens with zero attached hydrogens (tertiary/aromatic N) is 1. The molecule has 3 nitrogen and oxygen atoms in total. The second-order valence-electron chi connectivity index (χ2n) is 6.12. The van der Waals surface area contributed by atoms with Gasteiger partial charge in [0.2, 0.25) is 0 Å². The van der Waals surface area contributed by atoms with Crippen LogP contribution < -0.4 is 4.72 Å². The van der Waals surface area contributed by atoms with Gasteiger partial charge in [-0.25, -0.2) is 4.39 Å². The van der Waals surface area contributed by atoms with Crippen LogP contribution in [0.2, 0.25) is 0 Å². The molecule has 2 atom stereocenters. The van der Waals surface area contributed by atoms with Gasteiger partial charge in [-0.2, -0.15) is 0 Å². The molecule has 1 aromatic heterocycles. The second kappa shape index (κ2) is 5.38. The van der Waals surface area contributed by atoms with Crippen molar-refractivity contribution < 1.29 is 8.94 Å². The normalized spacial score (nSPS) is 19.3. The molecule has 1 aromatic rings. The van der Waals surface area contributed by atoms with E-state index < -0.39 is 11.4 Å². The standard InChI is InChI=1S/C14H21FN2OS/c1-9-11(15)7-8-12(16-9)13(10-5-6-10)17-19(18)14(2,3)4/h7-8,10,13,17H,5-6H2,1-4H3/t13-,19+/m1/s1. The molecule has 106 valence electrons. The lowest BCUT2D eigenvalue weighted by Crippen LogP contribution is -2.42. The fourth-order valence-corrected chi connectivity index (χ4v) is 2.75. The molecule has 0 unspecified atom stereocenters. The first kappa shape index (κ1) is 14.8. The van der Waals surface area contributed by atoms with Gasteiger partial charge in [0.05, 0.1) is 17.4 Å². The van der Waals surface area contributed by atoms with Gasteiger partial charge in [-0.1, -0.05) is 0 Å². The summed E-state index contributed by atoms with van der Waals surface area (Å²) in [5.74, 6) is 0.166. The maximum atomic E-state index is 13.3. The number of pyridine rings is 1. The average molecular weight is 284 g/mol. The van der Waals surface area contributed by atoms with Crippen LogP contribution in [-0.2, 0) is 11.4 Å². The first-order valence-corrected chi connectivity index (χ1v) is 7.75. The molecule has 0 amide bonds. The van der Waals surface area contributed by atoms with E-state index in [0.717, 1.165) is 18.5 Å². The lowest BCUT2D eigenvalue weighted by Gasteiger charge is -2.27. The topological polar surface area (TPSA) is 48.0 Å². The number of nitrogens with one attached hydrogen (secondary N) is 1. The van der Waals surface area contributed by atoms with E-state index >= 15 is 0 Å². The van der Waals surface area contributed by atoms with Crippen LogP contribution >= 0.6 is 0 Å². The minimum atomic E-state index is -1.14. The summed E-state index contributed by atoms with van der Waals surface area (Å²) in [6.07, 6.45) is 2.22. The monoisotopic (exact) mass is 284 g/mol. The predicted octanol–water partition coefficient (Wildman–Crippen LogP) is 3.03. The Morgan fingerprint density at radius 3 is 2.53 bits per heavy atom. The summed E-state index contributed by atoms with van der Waals surface area (Å²) in [7, 11) is 0. The van der Waals surface area contributed by atoms with Gasteiger partial charge in [0.25, 0.3) is 0 Å². The number of hydrogen-bond donors (Lipinski definition) is 1. The van der Waals surface area contributed by atoms with E-state index in [-0.39, 0.29) is 16.6 Å². The van der Waals surface area contributed by atoms with Gasteiger partial charge >= 0.3 is 0 Å². The van der Waals surface area contributed by atoms with Crippen LogP contribution in [0, 0.1) is 18.7 Å². The molecule has 19 heavy (non-hydrogen) atoms. The Morgan fingerprint density at radius 2 is 2.05 bits per heavy atom. The predicted molar refractivity (Wildman–Crippen MR) is 75.4 cm³/mol. The molecule has 0 spiro atoms. The third-order valence-corrected chi connectivity index (χ3v) is 4.83. The number of aryl methyl sites for hydroxylation is 1. The SMILES string of the molecule is Cc1nc([C@H](N[S@@+]([O-])C(C)(C)C)C2CC2)ccc1F. The summed E-state index contributed by atoms with van der Waals surface area (Å²) in [6, 6.07) is 3.09. The highest BCUT2D eigenvalue weighted by Crippen LogP contribution is 2.41. The first-order chi connectivity index (χ1) is 8.79. The van der Waals surface area contributed by atoms with Crippen LogP contribution in [0.3, 0.4) is 0 Å². The Kier molecular flexibility index (Phi) is 4.18. The molecule has 1 saturated carbocycles. The fourth-order valence-electron chi connectivity index (χ4n) is 1.86. The highest BCUT2D eigenvalue weighted by atomic mass is 32.2. The lowest BCUT2D eigenvalue weighted by atomic mass is 10.1. The Hall–Kier alpha value is -0.650. The van der Waals surface area contributed by atoms with E-state index in [2.05, 4.69) is 9.71 Å². The van der Waals surface area contributed by atoms with Crippen LogP contribution in [0.5, 0.6) is 0 Å². The van der Waals surface area contributed by atoms with Crippen molar-refractivity contribution >= 4 is 11.4 Å².